The monoisotopic (exact) mass is 275 g/mol. The topological polar surface area (TPSA) is 38.7 Å². The largest absolute Gasteiger partial charge is 0.225 e. The van der Waals surface area contributed by atoms with Crippen molar-refractivity contribution in [1.82, 2.24) is 15.0 Å². The summed E-state index contributed by atoms with van der Waals surface area (Å²) in [6.45, 7) is 0. The zero-order valence-corrected chi connectivity index (χ0v) is 11.7. The van der Waals surface area contributed by atoms with Gasteiger partial charge in [0.2, 0.25) is 0 Å². The van der Waals surface area contributed by atoms with Crippen LogP contribution in [-0.2, 0) is 0 Å². The molecule has 3 nitrogen and oxygen atoms in total. The van der Waals surface area contributed by atoms with Gasteiger partial charge in [0.05, 0.1) is 0 Å². The molecule has 7 heteroatoms. The van der Waals surface area contributed by atoms with E-state index < -0.39 is 0 Å². The summed E-state index contributed by atoms with van der Waals surface area (Å²) in [4.78, 5) is 14.4. The molecule has 80 valence electrons. The molecule has 0 spiro atoms. The zero-order valence-electron chi connectivity index (χ0n) is 8.47. The van der Waals surface area contributed by atoms with Gasteiger partial charge in [0.15, 0.2) is 9.50 Å². The number of thiazole rings is 1. The van der Waals surface area contributed by atoms with Crippen LogP contribution in [0.4, 0.5) is 0 Å². The maximum absolute atomic E-state index is 4.50. The minimum absolute atomic E-state index is 0.822. The van der Waals surface area contributed by atoms with Crippen LogP contribution in [0, 0.1) is 0 Å². The molecule has 0 aliphatic carbocycles. The highest BCUT2D eigenvalue weighted by Crippen LogP contribution is 2.32. The van der Waals surface area contributed by atoms with E-state index in [4.69, 9.17) is 0 Å². The van der Waals surface area contributed by atoms with E-state index in [1.807, 2.05) is 18.8 Å². The third-order valence-corrected chi connectivity index (χ3v) is 4.89. The maximum atomic E-state index is 4.50. The quantitative estimate of drug-likeness (QED) is 0.486. The summed E-state index contributed by atoms with van der Waals surface area (Å²) < 4.78 is 1.05. The Hall–Kier alpha value is 0.0200. The number of thioether (sulfide) groups is 3. The predicted molar refractivity (Wildman–Crippen MR) is 70.6 cm³/mol. The van der Waals surface area contributed by atoms with Crippen LogP contribution in [0.3, 0.4) is 0 Å². The van der Waals surface area contributed by atoms with Crippen molar-refractivity contribution in [2.75, 3.05) is 18.8 Å². The van der Waals surface area contributed by atoms with Gasteiger partial charge in [-0.2, -0.15) is 0 Å². The average Bonchev–Trinajstić information content (AvgIpc) is 2.70. The molecule has 0 N–H and O–H groups in total. The predicted octanol–water partition coefficient (Wildman–Crippen LogP) is 3.25. The van der Waals surface area contributed by atoms with E-state index in [2.05, 4.69) is 15.0 Å². The van der Waals surface area contributed by atoms with Gasteiger partial charge in [-0.1, -0.05) is 34.9 Å². The molecule has 0 aromatic carbocycles. The fourth-order valence-corrected chi connectivity index (χ4v) is 3.57. The first-order chi connectivity index (χ1) is 7.28. The highest BCUT2D eigenvalue weighted by molar-refractivity contribution is 8.00. The first kappa shape index (κ1) is 11.5. The second kappa shape index (κ2) is 4.90. The van der Waals surface area contributed by atoms with Crippen LogP contribution >= 0.6 is 46.6 Å². The third kappa shape index (κ3) is 2.25. The number of aromatic nitrogens is 3. The second-order valence-electron chi connectivity index (χ2n) is 2.56. The molecule has 2 heterocycles. The number of hydrogen-bond donors (Lipinski definition) is 0. The van der Waals surface area contributed by atoms with E-state index in [-0.39, 0.29) is 0 Å². The molecule has 2 aromatic heterocycles. The van der Waals surface area contributed by atoms with Crippen molar-refractivity contribution in [3.63, 3.8) is 0 Å². The van der Waals surface area contributed by atoms with Crippen molar-refractivity contribution in [1.29, 1.82) is 0 Å². The molecule has 2 aromatic rings. The van der Waals surface area contributed by atoms with Crippen LogP contribution in [0.2, 0.25) is 0 Å². The molecule has 0 radical (unpaired) electrons. The van der Waals surface area contributed by atoms with Crippen molar-refractivity contribution < 1.29 is 0 Å². The maximum Gasteiger partial charge on any atom is 0.189 e. The Labute approximate surface area is 105 Å². The van der Waals surface area contributed by atoms with Gasteiger partial charge >= 0.3 is 0 Å². The molecule has 0 unspecified atom stereocenters. The Morgan fingerprint density at radius 1 is 0.933 bits per heavy atom. The van der Waals surface area contributed by atoms with E-state index in [1.165, 1.54) is 0 Å². The standard InChI is InChI=1S/C8H9N3S4/c1-12-5-4-6(11-7(10-5)13-2)15-8(9-4)14-3/h1-3H3. The lowest BCUT2D eigenvalue weighted by molar-refractivity contribution is 0.931. The van der Waals surface area contributed by atoms with Crippen molar-refractivity contribution in [3.8, 4) is 0 Å². The SMILES string of the molecule is CSc1nc(SC)c2nc(SC)sc2n1. The minimum Gasteiger partial charge on any atom is -0.225 e. The summed E-state index contributed by atoms with van der Waals surface area (Å²) in [7, 11) is 0. The summed E-state index contributed by atoms with van der Waals surface area (Å²) in [5.74, 6) is 0. The van der Waals surface area contributed by atoms with Gasteiger partial charge in [-0.3, -0.25) is 0 Å². The highest BCUT2D eigenvalue weighted by Gasteiger charge is 2.11. The van der Waals surface area contributed by atoms with Crippen molar-refractivity contribution >= 4 is 57.0 Å². The first-order valence-electron chi connectivity index (χ1n) is 4.09. The number of rotatable bonds is 3. The molecule has 0 aliphatic heterocycles. The molecule has 0 atom stereocenters. The van der Waals surface area contributed by atoms with Crippen molar-refractivity contribution in [2.45, 2.75) is 14.5 Å². The minimum atomic E-state index is 0.822. The Morgan fingerprint density at radius 2 is 1.73 bits per heavy atom. The van der Waals surface area contributed by atoms with Crippen LogP contribution in [-0.4, -0.2) is 33.7 Å². The molecular weight excluding hydrogens is 266 g/mol. The third-order valence-electron chi connectivity index (χ3n) is 1.74. The van der Waals surface area contributed by atoms with Crippen molar-refractivity contribution in [2.24, 2.45) is 0 Å². The molecule has 2 rings (SSSR count). The summed E-state index contributed by atoms with van der Waals surface area (Å²) in [6.07, 6.45) is 6.03. The van der Waals surface area contributed by atoms with E-state index in [1.54, 1.807) is 46.6 Å². The molecule has 0 aliphatic rings. The van der Waals surface area contributed by atoms with Gasteiger partial charge in [-0.15, -0.1) is 11.8 Å². The van der Waals surface area contributed by atoms with Gasteiger partial charge in [0.25, 0.3) is 0 Å². The molecule has 0 fully saturated rings. The van der Waals surface area contributed by atoms with Gasteiger partial charge in [0.1, 0.15) is 15.4 Å². The van der Waals surface area contributed by atoms with Crippen LogP contribution in [0.15, 0.2) is 14.5 Å². The fourth-order valence-electron chi connectivity index (χ4n) is 1.08. The van der Waals surface area contributed by atoms with Crippen LogP contribution in [0.1, 0.15) is 0 Å². The summed E-state index contributed by atoms with van der Waals surface area (Å²) in [5, 5.41) is 1.80. The second-order valence-corrected chi connectivity index (χ2v) is 6.16. The molecule has 0 amide bonds. The number of nitrogens with zero attached hydrogens (tertiary/aromatic N) is 3. The Bertz CT molecular complexity index is 482. The molecule has 0 bridgehead atoms. The molecular formula is C8H9N3S4. The van der Waals surface area contributed by atoms with Gasteiger partial charge in [-0.25, -0.2) is 15.0 Å². The summed E-state index contributed by atoms with van der Waals surface area (Å²) in [5.41, 5.74) is 0.939. The first-order valence-corrected chi connectivity index (χ1v) is 8.58. The normalized spacial score (nSPS) is 11.1. The van der Waals surface area contributed by atoms with Gasteiger partial charge in [-0.05, 0) is 18.8 Å². The van der Waals surface area contributed by atoms with Crippen LogP contribution in [0.25, 0.3) is 10.3 Å². The Kier molecular flexibility index (Phi) is 3.76. The zero-order chi connectivity index (χ0) is 10.8. The molecule has 0 saturated carbocycles. The van der Waals surface area contributed by atoms with Crippen LogP contribution in [0.5, 0.6) is 0 Å². The van der Waals surface area contributed by atoms with Crippen molar-refractivity contribution in [3.05, 3.63) is 0 Å². The van der Waals surface area contributed by atoms with Crippen LogP contribution < -0.4 is 0 Å². The van der Waals surface area contributed by atoms with E-state index in [9.17, 15) is 0 Å². The highest BCUT2D eigenvalue weighted by atomic mass is 32.2. The lowest BCUT2D eigenvalue weighted by atomic mass is 10.6. The fraction of sp³-hybridized carbons (Fsp3) is 0.375. The van der Waals surface area contributed by atoms with Gasteiger partial charge < -0.3 is 0 Å². The summed E-state index contributed by atoms with van der Waals surface area (Å²) in [6, 6.07) is 0. The Balaban J connectivity index is 2.66. The lowest BCUT2D eigenvalue weighted by Gasteiger charge is -1.98. The van der Waals surface area contributed by atoms with E-state index in [0.29, 0.717) is 0 Å². The summed E-state index contributed by atoms with van der Waals surface area (Å²) >= 11 is 6.47. The number of fused-ring (bicyclic) bond motifs is 1. The molecule has 0 saturated heterocycles. The molecule has 15 heavy (non-hydrogen) atoms. The Morgan fingerprint density at radius 3 is 2.33 bits per heavy atom. The van der Waals surface area contributed by atoms with Gasteiger partial charge in [0, 0.05) is 0 Å². The smallest absolute Gasteiger partial charge is 0.189 e. The van der Waals surface area contributed by atoms with E-state index in [0.717, 1.165) is 24.9 Å². The lowest BCUT2D eigenvalue weighted by Crippen LogP contribution is -1.89. The number of hydrogen-bond acceptors (Lipinski definition) is 7. The van der Waals surface area contributed by atoms with E-state index >= 15 is 0 Å². The average molecular weight is 275 g/mol.